The summed E-state index contributed by atoms with van der Waals surface area (Å²) in [7, 11) is 0. The van der Waals surface area contributed by atoms with Crippen molar-refractivity contribution in [3.8, 4) is 0 Å². The first-order chi connectivity index (χ1) is 8.97. The third-order valence-corrected chi connectivity index (χ3v) is 4.99. The normalized spacial score (nSPS) is 12.7. The van der Waals surface area contributed by atoms with Gasteiger partial charge in [-0.2, -0.15) is 0 Å². The van der Waals surface area contributed by atoms with E-state index in [0.29, 0.717) is 6.04 Å². The summed E-state index contributed by atoms with van der Waals surface area (Å²) in [5.74, 6) is 0. The van der Waals surface area contributed by atoms with Crippen LogP contribution in [0.3, 0.4) is 0 Å². The lowest BCUT2D eigenvalue weighted by molar-refractivity contribution is 0.574. The summed E-state index contributed by atoms with van der Waals surface area (Å²) in [6, 6.07) is 8.61. The Morgan fingerprint density at radius 1 is 1.32 bits per heavy atom. The van der Waals surface area contributed by atoms with Crippen LogP contribution in [0.25, 0.3) is 0 Å². The molecular weight excluding hydrogens is 342 g/mol. The molecule has 0 bridgehead atoms. The van der Waals surface area contributed by atoms with Crippen molar-refractivity contribution in [1.29, 1.82) is 0 Å². The zero-order chi connectivity index (χ0) is 14.0. The zero-order valence-electron chi connectivity index (χ0n) is 11.3. The molecule has 1 atom stereocenters. The minimum absolute atomic E-state index is 0.338. The summed E-state index contributed by atoms with van der Waals surface area (Å²) in [5, 5.41) is 4.33. The Hall–Kier alpha value is -0.350. The van der Waals surface area contributed by atoms with Crippen LogP contribution in [0.1, 0.15) is 33.8 Å². The van der Waals surface area contributed by atoms with Gasteiger partial charge in [-0.05, 0) is 50.1 Å². The topological polar surface area (TPSA) is 12.0 Å². The average molecular weight is 359 g/mol. The molecule has 0 saturated heterocycles. The fourth-order valence-electron chi connectivity index (χ4n) is 2.12. The number of hydrogen-bond acceptors (Lipinski definition) is 2. The van der Waals surface area contributed by atoms with Crippen LogP contribution in [0.15, 0.2) is 28.7 Å². The van der Waals surface area contributed by atoms with E-state index in [1.807, 2.05) is 23.5 Å². The molecule has 0 saturated carbocycles. The Morgan fingerprint density at radius 3 is 2.63 bits per heavy atom. The highest BCUT2D eigenvalue weighted by atomic mass is 79.9. The summed E-state index contributed by atoms with van der Waals surface area (Å²) in [5.41, 5.74) is 2.51. The monoisotopic (exact) mass is 357 g/mol. The Morgan fingerprint density at radius 2 is 2.05 bits per heavy atom. The van der Waals surface area contributed by atoms with Gasteiger partial charge in [0, 0.05) is 31.8 Å². The summed E-state index contributed by atoms with van der Waals surface area (Å²) in [6.45, 7) is 7.31. The van der Waals surface area contributed by atoms with Gasteiger partial charge in [0.1, 0.15) is 0 Å². The van der Waals surface area contributed by atoms with Crippen LogP contribution in [0.4, 0.5) is 0 Å². The van der Waals surface area contributed by atoms with Crippen LogP contribution in [0.2, 0.25) is 5.02 Å². The molecule has 19 heavy (non-hydrogen) atoms. The number of benzene rings is 1. The summed E-state index contributed by atoms with van der Waals surface area (Å²) in [6.07, 6.45) is 0. The molecule has 0 aliphatic rings. The highest BCUT2D eigenvalue weighted by Gasteiger charge is 2.11. The summed E-state index contributed by atoms with van der Waals surface area (Å²) in [4.78, 5) is 2.75. The van der Waals surface area contributed by atoms with Crippen LogP contribution < -0.4 is 5.32 Å². The van der Waals surface area contributed by atoms with Crippen LogP contribution in [0.5, 0.6) is 0 Å². The Labute approximate surface area is 132 Å². The molecule has 1 N–H and O–H groups in total. The van der Waals surface area contributed by atoms with Crippen LogP contribution in [-0.2, 0) is 6.54 Å². The van der Waals surface area contributed by atoms with Gasteiger partial charge < -0.3 is 5.32 Å². The van der Waals surface area contributed by atoms with Gasteiger partial charge in [-0.3, -0.25) is 0 Å². The van der Waals surface area contributed by atoms with Crippen molar-refractivity contribution in [2.75, 3.05) is 0 Å². The molecule has 4 heteroatoms. The summed E-state index contributed by atoms with van der Waals surface area (Å²) >= 11 is 11.5. The van der Waals surface area contributed by atoms with Crippen molar-refractivity contribution in [3.05, 3.63) is 54.6 Å². The van der Waals surface area contributed by atoms with Crippen molar-refractivity contribution in [1.82, 2.24) is 5.32 Å². The van der Waals surface area contributed by atoms with E-state index in [0.717, 1.165) is 21.6 Å². The van der Waals surface area contributed by atoms with Crippen LogP contribution in [-0.4, -0.2) is 0 Å². The maximum absolute atomic E-state index is 6.23. The van der Waals surface area contributed by atoms with Crippen molar-refractivity contribution < 1.29 is 0 Å². The molecule has 1 nitrogen and oxygen atoms in total. The largest absolute Gasteiger partial charge is 0.306 e. The second-order valence-electron chi connectivity index (χ2n) is 4.71. The maximum Gasteiger partial charge on any atom is 0.0462 e. The van der Waals surface area contributed by atoms with Crippen LogP contribution in [0, 0.1) is 13.8 Å². The molecule has 2 rings (SSSR count). The third kappa shape index (κ3) is 3.82. The molecule has 0 amide bonds. The lowest BCUT2D eigenvalue weighted by Gasteiger charge is -2.14. The predicted molar refractivity (Wildman–Crippen MR) is 88.2 cm³/mol. The average Bonchev–Trinajstić information content (AvgIpc) is 2.67. The smallest absolute Gasteiger partial charge is 0.0462 e. The van der Waals surface area contributed by atoms with Gasteiger partial charge in [0.2, 0.25) is 0 Å². The van der Waals surface area contributed by atoms with Gasteiger partial charge in [-0.25, -0.2) is 0 Å². The predicted octanol–water partition coefficient (Wildman–Crippen LogP) is 5.63. The number of hydrogen-bond donors (Lipinski definition) is 1. The lowest BCUT2D eigenvalue weighted by atomic mass is 10.1. The highest BCUT2D eigenvalue weighted by molar-refractivity contribution is 9.10. The van der Waals surface area contributed by atoms with Gasteiger partial charge in [0.25, 0.3) is 0 Å². The minimum Gasteiger partial charge on any atom is -0.306 e. The fourth-order valence-corrected chi connectivity index (χ4v) is 3.88. The molecule has 0 fully saturated rings. The molecule has 102 valence electrons. The van der Waals surface area contributed by atoms with E-state index in [4.69, 9.17) is 11.6 Å². The van der Waals surface area contributed by atoms with E-state index < -0.39 is 0 Å². The number of nitrogens with one attached hydrogen (secondary N) is 1. The Kier molecular flexibility index (Phi) is 5.07. The van der Waals surface area contributed by atoms with Crippen molar-refractivity contribution in [2.24, 2.45) is 0 Å². The van der Waals surface area contributed by atoms with E-state index in [2.05, 4.69) is 54.2 Å². The van der Waals surface area contributed by atoms with Crippen molar-refractivity contribution in [3.63, 3.8) is 0 Å². The molecule has 1 aromatic carbocycles. The standard InChI is InChI=1S/C15H17BrClNS/c1-9-6-14(11(3)19-9)10(2)18-8-12-4-5-13(16)7-15(12)17/h4-7,10,18H,8H2,1-3H3. The molecular formula is C15H17BrClNS. The molecule has 0 aliphatic carbocycles. The van der Waals surface area contributed by atoms with Gasteiger partial charge in [-0.1, -0.05) is 33.6 Å². The highest BCUT2D eigenvalue weighted by Crippen LogP contribution is 2.27. The maximum atomic E-state index is 6.23. The number of aryl methyl sites for hydroxylation is 2. The van der Waals surface area contributed by atoms with E-state index in [1.54, 1.807) is 0 Å². The van der Waals surface area contributed by atoms with Gasteiger partial charge in [0.05, 0.1) is 0 Å². The lowest BCUT2D eigenvalue weighted by Crippen LogP contribution is -2.18. The fraction of sp³-hybridized carbons (Fsp3) is 0.333. The quantitative estimate of drug-likeness (QED) is 0.746. The van der Waals surface area contributed by atoms with E-state index >= 15 is 0 Å². The number of rotatable bonds is 4. The first kappa shape index (κ1) is 15.0. The van der Waals surface area contributed by atoms with E-state index in [1.165, 1.54) is 15.3 Å². The van der Waals surface area contributed by atoms with Crippen LogP contribution >= 0.6 is 38.9 Å². The SMILES string of the molecule is Cc1cc(C(C)NCc2ccc(Br)cc2Cl)c(C)s1. The molecule has 0 aliphatic heterocycles. The summed E-state index contributed by atoms with van der Waals surface area (Å²) < 4.78 is 1.01. The second-order valence-corrected chi connectivity index (χ2v) is 7.49. The first-order valence-corrected chi connectivity index (χ1v) is 8.20. The van der Waals surface area contributed by atoms with E-state index in [9.17, 15) is 0 Å². The first-order valence-electron chi connectivity index (χ1n) is 6.21. The molecule has 0 spiro atoms. The van der Waals surface area contributed by atoms with Crippen molar-refractivity contribution >= 4 is 38.9 Å². The second kappa shape index (κ2) is 6.40. The molecule has 1 unspecified atom stereocenters. The van der Waals surface area contributed by atoms with Gasteiger partial charge in [-0.15, -0.1) is 11.3 Å². The number of thiophene rings is 1. The molecule has 0 radical (unpaired) electrons. The third-order valence-electron chi connectivity index (χ3n) is 3.16. The van der Waals surface area contributed by atoms with E-state index in [-0.39, 0.29) is 0 Å². The van der Waals surface area contributed by atoms with Gasteiger partial charge >= 0.3 is 0 Å². The molecule has 1 heterocycles. The van der Waals surface area contributed by atoms with Crippen molar-refractivity contribution in [2.45, 2.75) is 33.4 Å². The van der Waals surface area contributed by atoms with Gasteiger partial charge in [0.15, 0.2) is 0 Å². The Balaban J connectivity index is 2.04. The molecule has 2 aromatic rings. The minimum atomic E-state index is 0.338. The Bertz CT molecular complexity index is 580. The number of halogens is 2. The molecule has 1 aromatic heterocycles. The zero-order valence-corrected chi connectivity index (χ0v) is 14.4.